The van der Waals surface area contributed by atoms with E-state index in [1.807, 2.05) is 13.0 Å². The molecule has 3 heteroatoms. The van der Waals surface area contributed by atoms with Crippen LogP contribution in [0.5, 0.6) is 0 Å². The third kappa shape index (κ3) is 2.78. The summed E-state index contributed by atoms with van der Waals surface area (Å²) in [5.74, 6) is 0.726. The number of carbonyl (C=O) groups is 1. The van der Waals surface area contributed by atoms with E-state index < -0.39 is 0 Å². The molecule has 1 aliphatic carbocycles. The molecule has 1 saturated carbocycles. The van der Waals surface area contributed by atoms with Gasteiger partial charge in [0.1, 0.15) is 0 Å². The summed E-state index contributed by atoms with van der Waals surface area (Å²) in [4.78, 5) is 12.0. The summed E-state index contributed by atoms with van der Waals surface area (Å²) in [5, 5.41) is 3.09. The summed E-state index contributed by atoms with van der Waals surface area (Å²) in [6, 6.07) is 5.81. The van der Waals surface area contributed by atoms with Gasteiger partial charge in [-0.05, 0) is 49.4 Å². The molecule has 17 heavy (non-hydrogen) atoms. The van der Waals surface area contributed by atoms with Crippen LogP contribution in [0, 0.1) is 12.8 Å². The second kappa shape index (κ2) is 4.78. The number of amides is 1. The lowest BCUT2D eigenvalue weighted by molar-refractivity contribution is 0.0948. The second-order valence-corrected chi connectivity index (χ2v) is 4.94. The van der Waals surface area contributed by atoms with Crippen molar-refractivity contribution < 1.29 is 4.79 Å². The normalized spacial score (nSPS) is 22.2. The van der Waals surface area contributed by atoms with Crippen LogP contribution in [0.15, 0.2) is 18.2 Å². The summed E-state index contributed by atoms with van der Waals surface area (Å²) >= 11 is 0. The number of benzene rings is 1. The summed E-state index contributed by atoms with van der Waals surface area (Å²) < 4.78 is 0. The molecule has 1 fully saturated rings. The van der Waals surface area contributed by atoms with Gasteiger partial charge >= 0.3 is 0 Å². The average molecular weight is 232 g/mol. The van der Waals surface area contributed by atoms with Gasteiger partial charge in [0.15, 0.2) is 0 Å². The van der Waals surface area contributed by atoms with Crippen LogP contribution in [0.4, 0.5) is 5.69 Å². The van der Waals surface area contributed by atoms with Gasteiger partial charge in [-0.1, -0.05) is 13.3 Å². The molecule has 0 aliphatic heterocycles. The van der Waals surface area contributed by atoms with Crippen molar-refractivity contribution in [1.82, 2.24) is 5.32 Å². The minimum Gasteiger partial charge on any atom is -0.399 e. The summed E-state index contributed by atoms with van der Waals surface area (Å²) in [5.41, 5.74) is 8.05. The average Bonchev–Trinajstić information content (AvgIpc) is 2.96. The molecule has 0 heterocycles. The molecule has 1 aliphatic rings. The lowest BCUT2D eigenvalue weighted by Gasteiger charge is -2.08. The van der Waals surface area contributed by atoms with Gasteiger partial charge in [-0.15, -0.1) is 0 Å². The molecule has 2 unspecified atom stereocenters. The highest BCUT2D eigenvalue weighted by atomic mass is 16.1. The number of carbonyl (C=O) groups excluding carboxylic acids is 1. The third-order valence-corrected chi connectivity index (χ3v) is 3.39. The van der Waals surface area contributed by atoms with Gasteiger partial charge in [0.25, 0.3) is 5.91 Å². The summed E-state index contributed by atoms with van der Waals surface area (Å²) in [6.07, 6.45) is 3.54. The van der Waals surface area contributed by atoms with Crippen LogP contribution < -0.4 is 11.1 Å². The minimum absolute atomic E-state index is 0.0334. The Morgan fingerprint density at radius 3 is 2.94 bits per heavy atom. The molecule has 1 aromatic carbocycles. The Kier molecular flexibility index (Phi) is 3.36. The number of hydrogen-bond donors (Lipinski definition) is 2. The molecule has 1 amide bonds. The number of anilines is 1. The summed E-state index contributed by atoms with van der Waals surface area (Å²) in [7, 11) is 0. The van der Waals surface area contributed by atoms with Crippen LogP contribution in [0.3, 0.4) is 0 Å². The van der Waals surface area contributed by atoms with E-state index in [9.17, 15) is 4.79 Å². The minimum atomic E-state index is 0.0334. The molecule has 0 aromatic heterocycles. The molecule has 92 valence electrons. The molecule has 3 N–H and O–H groups in total. The van der Waals surface area contributed by atoms with Gasteiger partial charge in [0, 0.05) is 17.3 Å². The van der Waals surface area contributed by atoms with Crippen molar-refractivity contribution in [3.63, 3.8) is 0 Å². The maximum absolute atomic E-state index is 12.0. The number of nitrogens with two attached hydrogens (primary N) is 1. The van der Waals surface area contributed by atoms with Crippen LogP contribution in [-0.2, 0) is 0 Å². The first-order chi connectivity index (χ1) is 8.11. The van der Waals surface area contributed by atoms with Crippen LogP contribution >= 0.6 is 0 Å². The molecule has 0 saturated heterocycles. The van der Waals surface area contributed by atoms with Crippen molar-refractivity contribution in [3.8, 4) is 0 Å². The van der Waals surface area contributed by atoms with E-state index in [0.29, 0.717) is 17.6 Å². The Morgan fingerprint density at radius 1 is 1.53 bits per heavy atom. The smallest absolute Gasteiger partial charge is 0.251 e. The Hall–Kier alpha value is -1.51. The van der Waals surface area contributed by atoms with Gasteiger partial charge in [-0.3, -0.25) is 4.79 Å². The molecule has 1 aromatic rings. The predicted octanol–water partition coefficient (Wildman–Crippen LogP) is 2.50. The van der Waals surface area contributed by atoms with E-state index in [4.69, 9.17) is 5.73 Å². The standard InChI is InChI=1S/C14H20N2O/c1-3-4-10-8-13(10)16-14(17)12-6-5-11(15)7-9(12)2/h5-7,10,13H,3-4,8,15H2,1-2H3,(H,16,17). The molecule has 0 bridgehead atoms. The van der Waals surface area contributed by atoms with Crippen LogP contribution in [0.2, 0.25) is 0 Å². The van der Waals surface area contributed by atoms with E-state index >= 15 is 0 Å². The Bertz CT molecular complexity index is 428. The van der Waals surface area contributed by atoms with E-state index in [0.717, 1.165) is 17.5 Å². The van der Waals surface area contributed by atoms with E-state index in [-0.39, 0.29) is 5.91 Å². The molecule has 3 nitrogen and oxygen atoms in total. The molecular weight excluding hydrogens is 212 g/mol. The first-order valence-electron chi connectivity index (χ1n) is 6.28. The number of hydrogen-bond acceptors (Lipinski definition) is 2. The Labute approximate surface area is 102 Å². The topological polar surface area (TPSA) is 55.1 Å². The molecular formula is C14H20N2O. The quantitative estimate of drug-likeness (QED) is 0.784. The van der Waals surface area contributed by atoms with Gasteiger partial charge in [0.2, 0.25) is 0 Å². The SMILES string of the molecule is CCCC1CC1NC(=O)c1ccc(N)cc1C. The first kappa shape index (κ1) is 12.0. The van der Waals surface area contributed by atoms with Crippen molar-refractivity contribution in [3.05, 3.63) is 29.3 Å². The highest BCUT2D eigenvalue weighted by molar-refractivity contribution is 5.96. The Balaban J connectivity index is 1.96. The fourth-order valence-electron chi connectivity index (χ4n) is 2.30. The number of rotatable bonds is 4. The lowest BCUT2D eigenvalue weighted by Crippen LogP contribution is -2.27. The monoisotopic (exact) mass is 232 g/mol. The lowest BCUT2D eigenvalue weighted by atomic mass is 10.1. The second-order valence-electron chi connectivity index (χ2n) is 4.94. The van der Waals surface area contributed by atoms with Gasteiger partial charge in [-0.25, -0.2) is 0 Å². The molecule has 0 spiro atoms. The maximum atomic E-state index is 12.0. The van der Waals surface area contributed by atoms with Crippen molar-refractivity contribution in [2.24, 2.45) is 5.92 Å². The van der Waals surface area contributed by atoms with Crippen LogP contribution in [0.1, 0.15) is 42.1 Å². The fourth-order valence-corrected chi connectivity index (χ4v) is 2.30. The highest BCUT2D eigenvalue weighted by Crippen LogP contribution is 2.34. The molecule has 2 rings (SSSR count). The zero-order valence-corrected chi connectivity index (χ0v) is 10.5. The number of nitrogens with one attached hydrogen (secondary N) is 1. The third-order valence-electron chi connectivity index (χ3n) is 3.39. The number of aryl methyl sites for hydroxylation is 1. The molecule has 2 atom stereocenters. The zero-order valence-electron chi connectivity index (χ0n) is 10.5. The number of nitrogen functional groups attached to an aromatic ring is 1. The van der Waals surface area contributed by atoms with Crippen LogP contribution in [-0.4, -0.2) is 11.9 Å². The Morgan fingerprint density at radius 2 is 2.29 bits per heavy atom. The van der Waals surface area contributed by atoms with Crippen molar-refractivity contribution >= 4 is 11.6 Å². The van der Waals surface area contributed by atoms with Crippen LogP contribution in [0.25, 0.3) is 0 Å². The largest absolute Gasteiger partial charge is 0.399 e. The zero-order chi connectivity index (χ0) is 12.4. The predicted molar refractivity (Wildman–Crippen MR) is 69.9 cm³/mol. The van der Waals surface area contributed by atoms with E-state index in [1.54, 1.807) is 12.1 Å². The van der Waals surface area contributed by atoms with Gasteiger partial charge < -0.3 is 11.1 Å². The van der Waals surface area contributed by atoms with E-state index in [2.05, 4.69) is 12.2 Å². The fraction of sp³-hybridized carbons (Fsp3) is 0.500. The molecule has 0 radical (unpaired) electrons. The highest BCUT2D eigenvalue weighted by Gasteiger charge is 2.37. The van der Waals surface area contributed by atoms with Crippen molar-refractivity contribution in [2.75, 3.05) is 5.73 Å². The van der Waals surface area contributed by atoms with Crippen molar-refractivity contribution in [2.45, 2.75) is 39.2 Å². The maximum Gasteiger partial charge on any atom is 0.251 e. The van der Waals surface area contributed by atoms with Crippen molar-refractivity contribution in [1.29, 1.82) is 0 Å². The van der Waals surface area contributed by atoms with E-state index in [1.165, 1.54) is 12.8 Å². The summed E-state index contributed by atoms with van der Waals surface area (Å²) in [6.45, 7) is 4.10. The first-order valence-corrected chi connectivity index (χ1v) is 6.28. The van der Waals surface area contributed by atoms with Gasteiger partial charge in [0.05, 0.1) is 0 Å². The van der Waals surface area contributed by atoms with Gasteiger partial charge in [-0.2, -0.15) is 0 Å².